The van der Waals surface area contributed by atoms with Crippen molar-refractivity contribution < 1.29 is 9.18 Å². The molecule has 0 aromatic heterocycles. The van der Waals surface area contributed by atoms with E-state index < -0.39 is 11.4 Å². The fourth-order valence-electron chi connectivity index (χ4n) is 1.93. The molecule has 0 bridgehead atoms. The molecule has 0 aliphatic heterocycles. The molecular formula is C11H8BrClFNO. The molecule has 1 aliphatic carbocycles. The van der Waals surface area contributed by atoms with Crippen molar-refractivity contribution in [1.82, 2.24) is 0 Å². The van der Waals surface area contributed by atoms with E-state index in [0.29, 0.717) is 10.0 Å². The van der Waals surface area contributed by atoms with E-state index >= 15 is 0 Å². The van der Waals surface area contributed by atoms with Crippen molar-refractivity contribution in [3.63, 3.8) is 0 Å². The molecular weight excluding hydrogens is 296 g/mol. The van der Waals surface area contributed by atoms with Crippen LogP contribution in [0.15, 0.2) is 21.6 Å². The summed E-state index contributed by atoms with van der Waals surface area (Å²) in [5.74, 6) is -0.508. The largest absolute Gasteiger partial charge is 0.235 e. The third-order valence-electron chi connectivity index (χ3n) is 2.98. The molecule has 0 atom stereocenters. The Morgan fingerprint density at radius 3 is 2.69 bits per heavy atom. The fraction of sp³-hybridized carbons (Fsp3) is 0.364. The van der Waals surface area contributed by atoms with Crippen LogP contribution in [0.5, 0.6) is 0 Å². The predicted octanol–water partition coefficient (Wildman–Crippen LogP) is 3.96. The maximum Gasteiger partial charge on any atom is 0.235 e. The van der Waals surface area contributed by atoms with Crippen molar-refractivity contribution in [3.05, 3.63) is 33.0 Å². The highest BCUT2D eigenvalue weighted by molar-refractivity contribution is 9.10. The Morgan fingerprint density at radius 2 is 2.19 bits per heavy atom. The number of rotatable bonds is 2. The maximum atomic E-state index is 13.6. The van der Waals surface area contributed by atoms with Crippen LogP contribution in [0.2, 0.25) is 5.02 Å². The lowest BCUT2D eigenvalue weighted by Gasteiger charge is -2.37. The van der Waals surface area contributed by atoms with Crippen LogP contribution >= 0.6 is 27.5 Å². The molecule has 1 fully saturated rings. The first-order valence-corrected chi connectivity index (χ1v) is 6.01. The molecule has 2 nitrogen and oxygen atoms in total. The summed E-state index contributed by atoms with van der Waals surface area (Å²) in [5, 5.41) is 0.0557. The molecule has 0 radical (unpaired) electrons. The number of halogens is 3. The smallest absolute Gasteiger partial charge is 0.211 e. The summed E-state index contributed by atoms with van der Waals surface area (Å²) in [6.45, 7) is 0. The lowest BCUT2D eigenvalue weighted by Crippen LogP contribution is -2.32. The number of nitrogens with zero attached hydrogens (tertiary/aromatic N) is 1. The van der Waals surface area contributed by atoms with Crippen LogP contribution in [0.4, 0.5) is 4.39 Å². The summed E-state index contributed by atoms with van der Waals surface area (Å²) in [7, 11) is 0. The van der Waals surface area contributed by atoms with Crippen molar-refractivity contribution in [3.8, 4) is 0 Å². The van der Waals surface area contributed by atoms with Crippen molar-refractivity contribution in [1.29, 1.82) is 0 Å². The highest BCUT2D eigenvalue weighted by atomic mass is 79.9. The standard InChI is InChI=1S/C11H8BrClFNO/c12-9-7(2-3-8(13)10(9)14)11(15-6-16)4-1-5-11/h2-3H,1,4-5H2. The van der Waals surface area contributed by atoms with Gasteiger partial charge in [0.15, 0.2) is 5.82 Å². The van der Waals surface area contributed by atoms with Gasteiger partial charge < -0.3 is 0 Å². The second kappa shape index (κ2) is 4.28. The van der Waals surface area contributed by atoms with Gasteiger partial charge in [-0.3, -0.25) is 0 Å². The predicted molar refractivity (Wildman–Crippen MR) is 62.8 cm³/mol. The Morgan fingerprint density at radius 1 is 1.50 bits per heavy atom. The molecule has 84 valence electrons. The van der Waals surface area contributed by atoms with Gasteiger partial charge in [0.05, 0.1) is 15.0 Å². The Kier molecular flexibility index (Phi) is 3.15. The number of isocyanates is 1. The Balaban J connectivity index is 2.55. The van der Waals surface area contributed by atoms with E-state index in [1.165, 1.54) is 6.07 Å². The van der Waals surface area contributed by atoms with E-state index in [2.05, 4.69) is 20.9 Å². The summed E-state index contributed by atoms with van der Waals surface area (Å²) in [5.41, 5.74) is 0.0652. The minimum Gasteiger partial charge on any atom is -0.211 e. The zero-order valence-electron chi connectivity index (χ0n) is 8.27. The summed E-state index contributed by atoms with van der Waals surface area (Å²) in [6, 6.07) is 3.19. The third-order valence-corrected chi connectivity index (χ3v) is 4.04. The van der Waals surface area contributed by atoms with E-state index in [1.54, 1.807) is 12.1 Å². The molecule has 16 heavy (non-hydrogen) atoms. The van der Waals surface area contributed by atoms with E-state index in [9.17, 15) is 9.18 Å². The van der Waals surface area contributed by atoms with Gasteiger partial charge in [-0.2, -0.15) is 4.99 Å². The summed E-state index contributed by atoms with van der Waals surface area (Å²) in [4.78, 5) is 14.2. The molecule has 1 aromatic rings. The third kappa shape index (κ3) is 1.71. The van der Waals surface area contributed by atoms with E-state index in [4.69, 9.17) is 11.6 Å². The average Bonchev–Trinajstić information content (AvgIpc) is 2.21. The fourth-order valence-corrected chi connectivity index (χ4v) is 2.91. The number of carbonyl (C=O) groups excluding carboxylic acids is 1. The Labute approximate surface area is 106 Å². The van der Waals surface area contributed by atoms with Gasteiger partial charge in [-0.05, 0) is 46.8 Å². The highest BCUT2D eigenvalue weighted by Gasteiger charge is 2.41. The van der Waals surface area contributed by atoms with Crippen LogP contribution in [0.3, 0.4) is 0 Å². The van der Waals surface area contributed by atoms with Crippen molar-refractivity contribution in [2.24, 2.45) is 4.99 Å². The van der Waals surface area contributed by atoms with Crippen LogP contribution in [-0.2, 0) is 10.3 Å². The van der Waals surface area contributed by atoms with Crippen LogP contribution in [-0.4, -0.2) is 6.08 Å². The van der Waals surface area contributed by atoms with Gasteiger partial charge in [-0.25, -0.2) is 9.18 Å². The van der Waals surface area contributed by atoms with Crippen LogP contribution in [0, 0.1) is 5.82 Å². The van der Waals surface area contributed by atoms with Crippen LogP contribution < -0.4 is 0 Å². The summed E-state index contributed by atoms with van der Waals surface area (Å²) >= 11 is 8.82. The zero-order valence-corrected chi connectivity index (χ0v) is 10.6. The normalized spacial score (nSPS) is 17.4. The second-order valence-electron chi connectivity index (χ2n) is 3.81. The van der Waals surface area contributed by atoms with Gasteiger partial charge >= 0.3 is 0 Å². The van der Waals surface area contributed by atoms with Gasteiger partial charge in [-0.1, -0.05) is 17.7 Å². The molecule has 0 heterocycles. The number of aliphatic imine (C=N–C) groups is 1. The van der Waals surface area contributed by atoms with E-state index in [0.717, 1.165) is 19.3 Å². The Bertz CT molecular complexity index is 481. The van der Waals surface area contributed by atoms with Crippen molar-refractivity contribution >= 4 is 33.6 Å². The maximum absolute atomic E-state index is 13.6. The molecule has 1 saturated carbocycles. The first kappa shape index (κ1) is 11.8. The van der Waals surface area contributed by atoms with Crippen LogP contribution in [0.25, 0.3) is 0 Å². The summed E-state index contributed by atoms with van der Waals surface area (Å²) in [6.07, 6.45) is 4.02. The highest BCUT2D eigenvalue weighted by Crippen LogP contribution is 2.48. The molecule has 0 spiro atoms. The topological polar surface area (TPSA) is 29.4 Å². The minimum absolute atomic E-state index is 0.0557. The van der Waals surface area contributed by atoms with Gasteiger partial charge in [0.25, 0.3) is 0 Å². The van der Waals surface area contributed by atoms with Gasteiger partial charge in [0, 0.05) is 0 Å². The molecule has 0 amide bonds. The van der Waals surface area contributed by atoms with Gasteiger partial charge in [0.2, 0.25) is 6.08 Å². The monoisotopic (exact) mass is 303 g/mol. The summed E-state index contributed by atoms with van der Waals surface area (Å²) < 4.78 is 13.9. The lowest BCUT2D eigenvalue weighted by atomic mass is 9.72. The number of hydrogen-bond acceptors (Lipinski definition) is 2. The number of benzene rings is 1. The quantitative estimate of drug-likeness (QED) is 0.462. The molecule has 1 aliphatic rings. The molecule has 1 aromatic carbocycles. The van der Waals surface area contributed by atoms with E-state index in [-0.39, 0.29) is 5.02 Å². The molecule has 0 N–H and O–H groups in total. The van der Waals surface area contributed by atoms with Gasteiger partial charge in [0.1, 0.15) is 0 Å². The van der Waals surface area contributed by atoms with Crippen molar-refractivity contribution in [2.75, 3.05) is 0 Å². The Hall–Kier alpha value is -0.700. The molecule has 0 saturated heterocycles. The first-order valence-electron chi connectivity index (χ1n) is 4.84. The second-order valence-corrected chi connectivity index (χ2v) is 5.01. The molecule has 0 unspecified atom stereocenters. The lowest BCUT2D eigenvalue weighted by molar-refractivity contribution is 0.254. The van der Waals surface area contributed by atoms with Gasteiger partial charge in [-0.15, -0.1) is 0 Å². The van der Waals surface area contributed by atoms with Crippen molar-refractivity contribution in [2.45, 2.75) is 24.8 Å². The molecule has 2 rings (SSSR count). The molecule has 5 heteroatoms. The first-order chi connectivity index (χ1) is 7.60. The van der Waals surface area contributed by atoms with Crippen LogP contribution in [0.1, 0.15) is 24.8 Å². The zero-order chi connectivity index (χ0) is 11.8. The number of hydrogen-bond donors (Lipinski definition) is 0. The SMILES string of the molecule is O=C=NC1(c2ccc(Cl)c(F)c2Br)CCC1. The minimum atomic E-state index is -0.605. The van der Waals surface area contributed by atoms with E-state index in [1.807, 2.05) is 0 Å². The average molecular weight is 305 g/mol.